The Kier molecular flexibility index (Phi) is 5.18. The Labute approximate surface area is 133 Å². The standard InChI is InChI=1S/C17H13ClN2O2/c1-22-15-7-4-6-14(10-15)20-17(21)13(11-19)9-12-5-2-3-8-16(12)18/h2-10H,1H3,(H,20,21)/b13-9+. The zero-order valence-corrected chi connectivity index (χ0v) is 12.6. The van der Waals surface area contributed by atoms with E-state index in [1.165, 1.54) is 6.08 Å². The molecule has 4 nitrogen and oxygen atoms in total. The van der Waals surface area contributed by atoms with Gasteiger partial charge in [0, 0.05) is 16.8 Å². The highest BCUT2D eigenvalue weighted by atomic mass is 35.5. The van der Waals surface area contributed by atoms with Gasteiger partial charge in [0.25, 0.3) is 5.91 Å². The SMILES string of the molecule is COc1cccc(NC(=O)/C(C#N)=C/c2ccccc2Cl)c1. The molecule has 5 heteroatoms. The van der Waals surface area contributed by atoms with Crippen molar-refractivity contribution in [3.8, 4) is 11.8 Å². The van der Waals surface area contributed by atoms with Crippen molar-refractivity contribution >= 4 is 29.3 Å². The van der Waals surface area contributed by atoms with Gasteiger partial charge in [0.1, 0.15) is 17.4 Å². The van der Waals surface area contributed by atoms with Gasteiger partial charge in [-0.2, -0.15) is 5.26 Å². The second-order valence-corrected chi connectivity index (χ2v) is 4.78. The van der Waals surface area contributed by atoms with Crippen LogP contribution in [0, 0.1) is 11.3 Å². The second-order valence-electron chi connectivity index (χ2n) is 4.38. The summed E-state index contributed by atoms with van der Waals surface area (Å²) in [6.45, 7) is 0. The van der Waals surface area contributed by atoms with Gasteiger partial charge in [-0.3, -0.25) is 4.79 Å². The number of halogens is 1. The first-order chi connectivity index (χ1) is 10.6. The van der Waals surface area contributed by atoms with E-state index >= 15 is 0 Å². The number of carbonyl (C=O) groups is 1. The highest BCUT2D eigenvalue weighted by Gasteiger charge is 2.10. The molecule has 0 spiro atoms. The summed E-state index contributed by atoms with van der Waals surface area (Å²) in [7, 11) is 1.54. The first kappa shape index (κ1) is 15.6. The number of rotatable bonds is 4. The van der Waals surface area contributed by atoms with Crippen molar-refractivity contribution in [2.45, 2.75) is 0 Å². The molecule has 0 bridgehead atoms. The number of anilines is 1. The Hall–Kier alpha value is -2.77. The van der Waals surface area contributed by atoms with Crippen LogP contribution in [-0.2, 0) is 4.79 Å². The molecule has 0 fully saturated rings. The monoisotopic (exact) mass is 312 g/mol. The third-order valence-electron chi connectivity index (χ3n) is 2.90. The van der Waals surface area contributed by atoms with Crippen molar-refractivity contribution in [3.05, 3.63) is 64.7 Å². The van der Waals surface area contributed by atoms with Crippen molar-refractivity contribution in [3.63, 3.8) is 0 Å². The van der Waals surface area contributed by atoms with E-state index in [2.05, 4.69) is 5.32 Å². The number of amides is 1. The largest absolute Gasteiger partial charge is 0.497 e. The van der Waals surface area contributed by atoms with Crippen LogP contribution in [0.15, 0.2) is 54.1 Å². The van der Waals surface area contributed by atoms with Crippen LogP contribution in [0.25, 0.3) is 6.08 Å². The molecule has 1 N–H and O–H groups in total. The number of benzene rings is 2. The molecular weight excluding hydrogens is 300 g/mol. The predicted molar refractivity (Wildman–Crippen MR) is 86.7 cm³/mol. The number of methoxy groups -OCH3 is 1. The predicted octanol–water partition coefficient (Wildman–Crippen LogP) is 3.89. The molecule has 2 aromatic carbocycles. The molecule has 0 unspecified atom stereocenters. The summed E-state index contributed by atoms with van der Waals surface area (Å²) >= 11 is 6.03. The maximum absolute atomic E-state index is 12.2. The summed E-state index contributed by atoms with van der Waals surface area (Å²) in [5, 5.41) is 12.3. The summed E-state index contributed by atoms with van der Waals surface area (Å²) < 4.78 is 5.09. The van der Waals surface area contributed by atoms with Gasteiger partial charge in [-0.25, -0.2) is 0 Å². The van der Waals surface area contributed by atoms with E-state index in [0.29, 0.717) is 22.0 Å². The minimum atomic E-state index is -0.504. The van der Waals surface area contributed by atoms with Gasteiger partial charge in [0.05, 0.1) is 7.11 Å². The number of nitrogens with zero attached hydrogens (tertiary/aromatic N) is 1. The highest BCUT2D eigenvalue weighted by molar-refractivity contribution is 6.32. The molecule has 0 aliphatic carbocycles. The fourth-order valence-electron chi connectivity index (χ4n) is 1.80. The van der Waals surface area contributed by atoms with E-state index in [1.54, 1.807) is 55.6 Å². The molecule has 0 saturated carbocycles. The van der Waals surface area contributed by atoms with Crippen molar-refractivity contribution in [1.29, 1.82) is 5.26 Å². The summed E-state index contributed by atoms with van der Waals surface area (Å²) in [6, 6.07) is 15.8. The quantitative estimate of drug-likeness (QED) is 0.688. The Bertz CT molecular complexity index is 763. The summed E-state index contributed by atoms with van der Waals surface area (Å²) in [5.41, 5.74) is 1.13. The number of carbonyl (C=O) groups excluding carboxylic acids is 1. The van der Waals surface area contributed by atoms with Crippen molar-refractivity contribution in [1.82, 2.24) is 0 Å². The number of ether oxygens (including phenoxy) is 1. The van der Waals surface area contributed by atoms with Crippen LogP contribution in [-0.4, -0.2) is 13.0 Å². The maximum atomic E-state index is 12.2. The normalized spacial score (nSPS) is 10.7. The lowest BCUT2D eigenvalue weighted by Crippen LogP contribution is -2.13. The first-order valence-corrected chi connectivity index (χ1v) is 6.83. The lowest BCUT2D eigenvalue weighted by molar-refractivity contribution is -0.112. The average Bonchev–Trinajstić information content (AvgIpc) is 2.54. The lowest BCUT2D eigenvalue weighted by atomic mass is 10.1. The van der Waals surface area contributed by atoms with E-state index in [4.69, 9.17) is 16.3 Å². The molecule has 0 atom stereocenters. The zero-order valence-electron chi connectivity index (χ0n) is 11.8. The summed E-state index contributed by atoms with van der Waals surface area (Å²) in [5.74, 6) is 0.113. The minimum absolute atomic E-state index is 0.0316. The second kappa shape index (κ2) is 7.30. The number of hydrogen-bond acceptors (Lipinski definition) is 3. The van der Waals surface area contributed by atoms with Gasteiger partial charge >= 0.3 is 0 Å². The molecule has 22 heavy (non-hydrogen) atoms. The van der Waals surface area contributed by atoms with E-state index in [0.717, 1.165) is 0 Å². The van der Waals surface area contributed by atoms with Crippen LogP contribution in [0.1, 0.15) is 5.56 Å². The minimum Gasteiger partial charge on any atom is -0.497 e. The van der Waals surface area contributed by atoms with Crippen molar-refractivity contribution < 1.29 is 9.53 Å². The van der Waals surface area contributed by atoms with E-state index in [9.17, 15) is 10.1 Å². The van der Waals surface area contributed by atoms with Gasteiger partial charge in [-0.05, 0) is 29.8 Å². The van der Waals surface area contributed by atoms with Crippen LogP contribution in [0.5, 0.6) is 5.75 Å². The van der Waals surface area contributed by atoms with Crippen LogP contribution < -0.4 is 10.1 Å². The molecule has 2 aromatic rings. The molecule has 0 aromatic heterocycles. The molecule has 0 aliphatic rings. The van der Waals surface area contributed by atoms with Gasteiger partial charge in [-0.15, -0.1) is 0 Å². The van der Waals surface area contributed by atoms with Crippen LogP contribution in [0.2, 0.25) is 5.02 Å². The topological polar surface area (TPSA) is 62.1 Å². The Morgan fingerprint density at radius 3 is 2.73 bits per heavy atom. The average molecular weight is 313 g/mol. The van der Waals surface area contributed by atoms with E-state index < -0.39 is 5.91 Å². The summed E-state index contributed by atoms with van der Waals surface area (Å²) in [4.78, 5) is 12.2. The van der Waals surface area contributed by atoms with Gasteiger partial charge < -0.3 is 10.1 Å². The van der Waals surface area contributed by atoms with E-state index in [1.807, 2.05) is 6.07 Å². The zero-order chi connectivity index (χ0) is 15.9. The van der Waals surface area contributed by atoms with Gasteiger partial charge in [0.15, 0.2) is 0 Å². The molecule has 0 saturated heterocycles. The van der Waals surface area contributed by atoms with Crippen LogP contribution >= 0.6 is 11.6 Å². The molecule has 2 rings (SSSR count). The lowest BCUT2D eigenvalue weighted by Gasteiger charge is -2.06. The van der Waals surface area contributed by atoms with Crippen LogP contribution in [0.4, 0.5) is 5.69 Å². The fourth-order valence-corrected chi connectivity index (χ4v) is 1.99. The Morgan fingerprint density at radius 1 is 1.27 bits per heavy atom. The fraction of sp³-hybridized carbons (Fsp3) is 0.0588. The highest BCUT2D eigenvalue weighted by Crippen LogP contribution is 2.20. The third kappa shape index (κ3) is 3.87. The van der Waals surface area contributed by atoms with E-state index in [-0.39, 0.29) is 5.57 Å². The number of nitrogens with one attached hydrogen (secondary N) is 1. The number of hydrogen-bond donors (Lipinski definition) is 1. The third-order valence-corrected chi connectivity index (χ3v) is 3.24. The van der Waals surface area contributed by atoms with Gasteiger partial charge in [-0.1, -0.05) is 35.9 Å². The smallest absolute Gasteiger partial charge is 0.266 e. The molecule has 110 valence electrons. The van der Waals surface area contributed by atoms with Crippen LogP contribution in [0.3, 0.4) is 0 Å². The van der Waals surface area contributed by atoms with Crippen molar-refractivity contribution in [2.75, 3.05) is 12.4 Å². The molecule has 1 amide bonds. The Balaban J connectivity index is 2.23. The molecule has 0 radical (unpaired) electrons. The van der Waals surface area contributed by atoms with Crippen molar-refractivity contribution in [2.24, 2.45) is 0 Å². The molecular formula is C17H13ClN2O2. The van der Waals surface area contributed by atoms with Gasteiger partial charge in [0.2, 0.25) is 0 Å². The Morgan fingerprint density at radius 2 is 2.05 bits per heavy atom. The number of nitriles is 1. The molecule has 0 heterocycles. The first-order valence-electron chi connectivity index (χ1n) is 6.46. The maximum Gasteiger partial charge on any atom is 0.266 e. The molecule has 0 aliphatic heterocycles. The summed E-state index contributed by atoms with van der Waals surface area (Å²) in [6.07, 6.45) is 1.46.